The van der Waals surface area contributed by atoms with Gasteiger partial charge in [-0.25, -0.2) is 0 Å². The molecule has 7 heteroatoms. The summed E-state index contributed by atoms with van der Waals surface area (Å²) in [6.07, 6.45) is 1.48. The number of rotatable bonds is 6. The van der Waals surface area contributed by atoms with E-state index in [1.54, 1.807) is 11.9 Å². The molecule has 0 fully saturated rings. The molecule has 0 radical (unpaired) electrons. The molecular weight excluding hydrogens is 298 g/mol. The molecule has 1 aromatic heterocycles. The molecule has 0 aliphatic carbocycles. The molecule has 0 aliphatic rings. The molecule has 0 saturated heterocycles. The fraction of sp³-hybridized carbons (Fsp3) is 0.562. The monoisotopic (exact) mass is 323 g/mol. The fourth-order valence-electron chi connectivity index (χ4n) is 2.45. The van der Waals surface area contributed by atoms with Crippen molar-refractivity contribution in [2.45, 2.75) is 39.8 Å². The van der Waals surface area contributed by atoms with Crippen molar-refractivity contribution in [1.82, 2.24) is 9.47 Å². The first-order valence-electron chi connectivity index (χ1n) is 7.51. The zero-order valence-electron chi connectivity index (χ0n) is 14.5. The molecule has 23 heavy (non-hydrogen) atoms. The molecular formula is C16H25N3O4. The van der Waals surface area contributed by atoms with Crippen LogP contribution >= 0.6 is 0 Å². The molecule has 0 saturated carbocycles. The van der Waals surface area contributed by atoms with Crippen LogP contribution in [-0.4, -0.2) is 47.1 Å². The van der Waals surface area contributed by atoms with E-state index in [0.29, 0.717) is 5.56 Å². The Balaban J connectivity index is 3.23. The Kier molecular flexibility index (Phi) is 6.50. The van der Waals surface area contributed by atoms with Crippen LogP contribution in [0, 0.1) is 0 Å². The minimum atomic E-state index is -0.446. The Labute approximate surface area is 136 Å². The molecule has 1 rings (SSSR count). The summed E-state index contributed by atoms with van der Waals surface area (Å²) in [4.78, 5) is 38.2. The van der Waals surface area contributed by atoms with E-state index >= 15 is 0 Å². The van der Waals surface area contributed by atoms with Gasteiger partial charge in [-0.05, 0) is 33.8 Å². The number of hydrogen-bond acceptors (Lipinski definition) is 4. The standard InChI is InChI=1S/C16H25N3O4/c1-10(2)19(11(3)4)15(21)12-7-13(16(22)18(5)8-12)17-14(20)9-23-6/h7-8,10-11H,9H2,1-6H3,(H,17,20). The molecule has 7 nitrogen and oxygen atoms in total. The topological polar surface area (TPSA) is 80.6 Å². The van der Waals surface area contributed by atoms with Crippen LogP contribution in [0.25, 0.3) is 0 Å². The Morgan fingerprint density at radius 1 is 1.26 bits per heavy atom. The van der Waals surface area contributed by atoms with Crippen molar-refractivity contribution in [1.29, 1.82) is 0 Å². The van der Waals surface area contributed by atoms with E-state index in [9.17, 15) is 14.4 Å². The van der Waals surface area contributed by atoms with Gasteiger partial charge >= 0.3 is 0 Å². The summed E-state index contributed by atoms with van der Waals surface area (Å²) in [5, 5.41) is 2.48. The second-order valence-electron chi connectivity index (χ2n) is 5.94. The van der Waals surface area contributed by atoms with Crippen molar-refractivity contribution in [3.05, 3.63) is 28.2 Å². The molecule has 1 heterocycles. The Morgan fingerprint density at radius 2 is 1.83 bits per heavy atom. The smallest absolute Gasteiger partial charge is 0.274 e. The number of pyridine rings is 1. The van der Waals surface area contributed by atoms with E-state index in [2.05, 4.69) is 5.32 Å². The van der Waals surface area contributed by atoms with E-state index in [0.717, 1.165) is 0 Å². The van der Waals surface area contributed by atoms with Crippen LogP contribution in [0.2, 0.25) is 0 Å². The lowest BCUT2D eigenvalue weighted by Gasteiger charge is -2.31. The maximum absolute atomic E-state index is 12.7. The summed E-state index contributed by atoms with van der Waals surface area (Å²) in [6, 6.07) is 1.45. The maximum Gasteiger partial charge on any atom is 0.274 e. The molecule has 1 N–H and O–H groups in total. The van der Waals surface area contributed by atoms with Crippen molar-refractivity contribution in [2.75, 3.05) is 19.0 Å². The molecule has 128 valence electrons. The van der Waals surface area contributed by atoms with Gasteiger partial charge in [0, 0.05) is 32.4 Å². The van der Waals surface area contributed by atoms with Crippen molar-refractivity contribution in [3.8, 4) is 0 Å². The molecule has 0 aliphatic heterocycles. The van der Waals surface area contributed by atoms with Crippen LogP contribution in [0.15, 0.2) is 17.1 Å². The summed E-state index contributed by atoms with van der Waals surface area (Å²) in [7, 11) is 2.93. The van der Waals surface area contributed by atoms with Crippen LogP contribution in [0.1, 0.15) is 38.1 Å². The van der Waals surface area contributed by atoms with Crippen molar-refractivity contribution >= 4 is 17.5 Å². The van der Waals surface area contributed by atoms with E-state index in [1.165, 1.54) is 23.9 Å². The number of nitrogens with zero attached hydrogens (tertiary/aromatic N) is 2. The normalized spacial score (nSPS) is 11.0. The van der Waals surface area contributed by atoms with Gasteiger partial charge in [0.15, 0.2) is 0 Å². The minimum Gasteiger partial charge on any atom is -0.375 e. The first-order valence-corrected chi connectivity index (χ1v) is 7.51. The number of carbonyl (C=O) groups is 2. The third kappa shape index (κ3) is 4.66. The van der Waals surface area contributed by atoms with Crippen molar-refractivity contribution < 1.29 is 14.3 Å². The second-order valence-corrected chi connectivity index (χ2v) is 5.94. The number of anilines is 1. The largest absolute Gasteiger partial charge is 0.375 e. The van der Waals surface area contributed by atoms with E-state index in [-0.39, 0.29) is 35.8 Å². The number of ether oxygens (including phenoxy) is 1. The summed E-state index contributed by atoms with van der Waals surface area (Å²) in [6.45, 7) is 7.57. The molecule has 0 aromatic carbocycles. The maximum atomic E-state index is 12.7. The van der Waals surface area contributed by atoms with E-state index in [1.807, 2.05) is 27.7 Å². The Bertz CT molecular complexity index is 627. The van der Waals surface area contributed by atoms with Gasteiger partial charge in [0.25, 0.3) is 11.5 Å². The van der Waals surface area contributed by atoms with Crippen molar-refractivity contribution in [2.24, 2.45) is 7.05 Å². The number of nitrogens with one attached hydrogen (secondary N) is 1. The quantitative estimate of drug-likeness (QED) is 0.854. The van der Waals surface area contributed by atoms with Crippen LogP contribution in [0.3, 0.4) is 0 Å². The van der Waals surface area contributed by atoms with Crippen LogP contribution in [-0.2, 0) is 16.6 Å². The van der Waals surface area contributed by atoms with E-state index in [4.69, 9.17) is 4.74 Å². The highest BCUT2D eigenvalue weighted by molar-refractivity contribution is 5.97. The van der Waals surface area contributed by atoms with Gasteiger partial charge in [-0.2, -0.15) is 0 Å². The number of methoxy groups -OCH3 is 1. The number of amides is 2. The Morgan fingerprint density at radius 3 is 2.30 bits per heavy atom. The van der Waals surface area contributed by atoms with Crippen LogP contribution in [0.4, 0.5) is 5.69 Å². The first-order chi connectivity index (χ1) is 10.7. The number of aromatic nitrogens is 1. The van der Waals surface area contributed by atoms with Gasteiger partial charge in [0.2, 0.25) is 5.91 Å². The third-order valence-electron chi connectivity index (χ3n) is 3.33. The zero-order chi connectivity index (χ0) is 17.7. The number of carbonyl (C=O) groups excluding carboxylic acids is 2. The minimum absolute atomic E-state index is 0.0197. The molecule has 0 unspecified atom stereocenters. The van der Waals surface area contributed by atoms with E-state index < -0.39 is 5.91 Å². The van der Waals surface area contributed by atoms with Gasteiger partial charge in [0.05, 0.1) is 5.56 Å². The SMILES string of the molecule is COCC(=O)Nc1cc(C(=O)N(C(C)C)C(C)C)cn(C)c1=O. The lowest BCUT2D eigenvalue weighted by atomic mass is 10.1. The number of aryl methyl sites for hydroxylation is 1. The van der Waals surface area contributed by atoms with Crippen molar-refractivity contribution in [3.63, 3.8) is 0 Å². The van der Waals surface area contributed by atoms with Gasteiger partial charge < -0.3 is 19.5 Å². The molecule has 1 aromatic rings. The Hall–Kier alpha value is -2.15. The van der Waals surface area contributed by atoms with Gasteiger partial charge in [-0.15, -0.1) is 0 Å². The van der Waals surface area contributed by atoms with Crippen LogP contribution < -0.4 is 10.9 Å². The molecule has 2 amide bonds. The predicted molar refractivity (Wildman–Crippen MR) is 88.6 cm³/mol. The highest BCUT2D eigenvalue weighted by Gasteiger charge is 2.23. The molecule has 0 bridgehead atoms. The van der Waals surface area contributed by atoms with Gasteiger partial charge in [0.1, 0.15) is 12.3 Å². The molecule has 0 spiro atoms. The van der Waals surface area contributed by atoms with Gasteiger partial charge in [-0.1, -0.05) is 0 Å². The number of hydrogen-bond donors (Lipinski definition) is 1. The zero-order valence-corrected chi connectivity index (χ0v) is 14.5. The summed E-state index contributed by atoms with van der Waals surface area (Å²) < 4.78 is 6.01. The summed E-state index contributed by atoms with van der Waals surface area (Å²) >= 11 is 0. The highest BCUT2D eigenvalue weighted by Crippen LogP contribution is 2.14. The molecule has 0 atom stereocenters. The highest BCUT2D eigenvalue weighted by atomic mass is 16.5. The lowest BCUT2D eigenvalue weighted by molar-refractivity contribution is -0.119. The van der Waals surface area contributed by atoms with Gasteiger partial charge in [-0.3, -0.25) is 14.4 Å². The summed E-state index contributed by atoms with van der Waals surface area (Å²) in [5.74, 6) is -0.633. The average molecular weight is 323 g/mol. The third-order valence-corrected chi connectivity index (χ3v) is 3.33. The lowest BCUT2D eigenvalue weighted by Crippen LogP contribution is -2.42. The average Bonchev–Trinajstić information content (AvgIpc) is 2.42. The fourth-order valence-corrected chi connectivity index (χ4v) is 2.45. The summed E-state index contributed by atoms with van der Waals surface area (Å²) in [5.41, 5.74) is 0.0294. The first kappa shape index (κ1) is 18.9. The van der Waals surface area contributed by atoms with Crippen LogP contribution in [0.5, 0.6) is 0 Å². The predicted octanol–water partition coefficient (Wildman–Crippen LogP) is 1.23. The second kappa shape index (κ2) is 7.92.